The molecule has 3 rings (SSSR count). The molecule has 9 heteroatoms. The summed E-state index contributed by atoms with van der Waals surface area (Å²) >= 11 is 4.88. The minimum absolute atomic E-state index is 0.146. The second-order valence-electron chi connectivity index (χ2n) is 5.80. The van der Waals surface area contributed by atoms with Gasteiger partial charge < -0.3 is 18.8 Å². The third-order valence-corrected chi connectivity index (χ3v) is 5.12. The van der Waals surface area contributed by atoms with Crippen molar-refractivity contribution in [3.8, 4) is 11.5 Å². The number of unbranched alkanes of at least 4 members (excludes halogenated alkanes) is 1. The van der Waals surface area contributed by atoms with Gasteiger partial charge in [0.15, 0.2) is 17.1 Å². The third-order valence-electron chi connectivity index (χ3n) is 3.92. The molecule has 0 radical (unpaired) electrons. The van der Waals surface area contributed by atoms with Gasteiger partial charge in [-0.15, -0.1) is 5.10 Å². The Balaban J connectivity index is 1.89. The van der Waals surface area contributed by atoms with E-state index in [-0.39, 0.29) is 23.8 Å². The summed E-state index contributed by atoms with van der Waals surface area (Å²) in [6.07, 6.45) is 3.43. The van der Waals surface area contributed by atoms with Gasteiger partial charge in [-0.1, -0.05) is 24.9 Å². The average Bonchev–Trinajstić information content (AvgIpc) is 3.22. The van der Waals surface area contributed by atoms with Crippen molar-refractivity contribution in [1.82, 2.24) is 10.2 Å². The fourth-order valence-corrected chi connectivity index (χ4v) is 3.46. The number of hydrogen-bond acceptors (Lipinski definition) is 6. The topological polar surface area (TPSA) is 96.5 Å². The highest BCUT2D eigenvalue weighted by molar-refractivity contribution is 7.90. The second-order valence-corrected chi connectivity index (χ2v) is 7.50. The smallest absolute Gasteiger partial charge is 0.346 e. The number of nitrogens with one attached hydrogen (secondary N) is 1. The Hall–Kier alpha value is -1.90. The minimum Gasteiger partial charge on any atom is -0.610 e. The van der Waals surface area contributed by atoms with E-state index in [1.165, 1.54) is 6.26 Å². The lowest BCUT2D eigenvalue weighted by molar-refractivity contribution is 0.0494. The summed E-state index contributed by atoms with van der Waals surface area (Å²) in [7, 11) is 0. The van der Waals surface area contributed by atoms with Crippen LogP contribution in [0.2, 0.25) is 5.02 Å². The zero-order chi connectivity index (χ0) is 18.7. The van der Waals surface area contributed by atoms with E-state index in [2.05, 4.69) is 10.2 Å². The number of ether oxygens (including phenoxy) is 3. The van der Waals surface area contributed by atoms with Crippen LogP contribution in [-0.4, -0.2) is 40.4 Å². The van der Waals surface area contributed by atoms with Crippen molar-refractivity contribution in [2.24, 2.45) is 0 Å². The summed E-state index contributed by atoms with van der Waals surface area (Å²) < 4.78 is 27.9. The van der Waals surface area contributed by atoms with Crippen LogP contribution in [-0.2, 0) is 22.3 Å². The van der Waals surface area contributed by atoms with Crippen LogP contribution in [0.5, 0.6) is 11.5 Å². The van der Waals surface area contributed by atoms with Gasteiger partial charge in [-0.25, -0.2) is 4.79 Å². The van der Waals surface area contributed by atoms with Crippen LogP contribution in [0.1, 0.15) is 41.4 Å². The van der Waals surface area contributed by atoms with Gasteiger partial charge in [0.2, 0.25) is 6.79 Å². The fraction of sp³-hybridized carbons (Fsp3) is 0.412. The standard InChI is InChI=1S/C17H19ClN2O5S/c1-3-4-5-23-17(21)15-12(19-20-16(15)26(2)22)6-10-7-13-14(8-11(10)18)25-9-24-13/h7-8H,3-6,9H2,1-2H3,(H,19,20). The monoisotopic (exact) mass is 398 g/mol. The molecule has 1 aromatic heterocycles. The number of carbonyl (C=O) groups is 1. The zero-order valence-electron chi connectivity index (χ0n) is 14.5. The Morgan fingerprint density at radius 3 is 2.85 bits per heavy atom. The largest absolute Gasteiger partial charge is 0.610 e. The Morgan fingerprint density at radius 1 is 1.42 bits per heavy atom. The van der Waals surface area contributed by atoms with E-state index in [1.807, 2.05) is 6.92 Å². The molecule has 1 unspecified atom stereocenters. The number of rotatable bonds is 7. The van der Waals surface area contributed by atoms with Gasteiger partial charge in [0, 0.05) is 28.7 Å². The van der Waals surface area contributed by atoms with Crippen LogP contribution in [0.4, 0.5) is 0 Å². The predicted molar refractivity (Wildman–Crippen MR) is 96.5 cm³/mol. The summed E-state index contributed by atoms with van der Waals surface area (Å²) in [5, 5.41) is 7.49. The first-order valence-electron chi connectivity index (χ1n) is 8.17. The molecule has 1 aromatic carbocycles. The highest BCUT2D eigenvalue weighted by Gasteiger charge is 2.29. The van der Waals surface area contributed by atoms with Crippen LogP contribution in [0.3, 0.4) is 0 Å². The quantitative estimate of drug-likeness (QED) is 0.437. The molecule has 140 valence electrons. The lowest BCUT2D eigenvalue weighted by Crippen LogP contribution is -2.13. The molecule has 2 aromatic rings. The van der Waals surface area contributed by atoms with Crippen LogP contribution < -0.4 is 9.47 Å². The summed E-state index contributed by atoms with van der Waals surface area (Å²) in [4.78, 5) is 12.5. The predicted octanol–water partition coefficient (Wildman–Crippen LogP) is 3.08. The Kier molecular flexibility index (Phi) is 5.95. The van der Waals surface area contributed by atoms with Crippen molar-refractivity contribution in [2.75, 3.05) is 19.7 Å². The first-order chi connectivity index (χ1) is 12.5. The van der Waals surface area contributed by atoms with Crippen molar-refractivity contribution in [1.29, 1.82) is 0 Å². The summed E-state index contributed by atoms with van der Waals surface area (Å²) in [6, 6.07) is 3.44. The molecule has 1 N–H and O–H groups in total. The van der Waals surface area contributed by atoms with Crippen LogP contribution in [0, 0.1) is 0 Å². The van der Waals surface area contributed by atoms with Crippen LogP contribution in [0.15, 0.2) is 17.2 Å². The zero-order valence-corrected chi connectivity index (χ0v) is 16.0. The van der Waals surface area contributed by atoms with E-state index in [1.54, 1.807) is 12.1 Å². The molecule has 1 atom stereocenters. The van der Waals surface area contributed by atoms with Gasteiger partial charge in [-0.2, -0.15) is 0 Å². The molecular weight excluding hydrogens is 380 g/mol. The van der Waals surface area contributed by atoms with Crippen molar-refractivity contribution in [2.45, 2.75) is 31.2 Å². The van der Waals surface area contributed by atoms with E-state index in [0.29, 0.717) is 28.8 Å². The number of carbonyl (C=O) groups excluding carboxylic acids is 1. The molecule has 0 amide bonds. The number of halogens is 1. The first-order valence-corrected chi connectivity index (χ1v) is 10.1. The van der Waals surface area contributed by atoms with Gasteiger partial charge >= 0.3 is 5.97 Å². The van der Waals surface area contributed by atoms with Crippen molar-refractivity contribution in [3.63, 3.8) is 0 Å². The maximum Gasteiger partial charge on any atom is 0.346 e. The minimum atomic E-state index is -1.43. The molecule has 1 aliphatic rings. The average molecular weight is 399 g/mol. The Labute approximate surface area is 159 Å². The normalized spacial score (nSPS) is 13.7. The lowest BCUT2D eigenvalue weighted by atomic mass is 10.1. The van der Waals surface area contributed by atoms with Crippen molar-refractivity contribution in [3.05, 3.63) is 34.0 Å². The van der Waals surface area contributed by atoms with E-state index < -0.39 is 17.1 Å². The van der Waals surface area contributed by atoms with E-state index in [9.17, 15) is 9.35 Å². The molecule has 0 saturated carbocycles. The number of fused-ring (bicyclic) bond motifs is 1. The number of aromatic nitrogens is 2. The molecule has 26 heavy (non-hydrogen) atoms. The summed E-state index contributed by atoms with van der Waals surface area (Å²) in [5.41, 5.74) is 1.43. The number of nitrogens with zero attached hydrogens (tertiary/aromatic N) is 1. The molecule has 0 spiro atoms. The highest BCUT2D eigenvalue weighted by Crippen LogP contribution is 2.37. The van der Waals surface area contributed by atoms with Crippen LogP contribution >= 0.6 is 11.6 Å². The lowest BCUT2D eigenvalue weighted by Gasteiger charge is -2.09. The van der Waals surface area contributed by atoms with Crippen LogP contribution in [0.25, 0.3) is 0 Å². The molecule has 0 saturated heterocycles. The highest BCUT2D eigenvalue weighted by atomic mass is 35.5. The van der Waals surface area contributed by atoms with Gasteiger partial charge in [0.1, 0.15) is 6.26 Å². The fourth-order valence-electron chi connectivity index (χ4n) is 2.57. The van der Waals surface area contributed by atoms with Gasteiger partial charge in [-0.3, -0.25) is 5.10 Å². The first kappa shape index (κ1) is 18.9. The maximum absolute atomic E-state index is 12.5. The number of aromatic amines is 1. The van der Waals surface area contributed by atoms with Gasteiger partial charge in [0.25, 0.3) is 5.03 Å². The summed E-state index contributed by atoms with van der Waals surface area (Å²) in [6.45, 7) is 2.46. The number of H-pyrrole nitrogens is 1. The third kappa shape index (κ3) is 3.92. The van der Waals surface area contributed by atoms with E-state index in [4.69, 9.17) is 25.8 Å². The molecule has 0 fully saturated rings. The molecule has 7 nitrogen and oxygen atoms in total. The molecular formula is C17H19ClN2O5S. The summed E-state index contributed by atoms with van der Waals surface area (Å²) in [5.74, 6) is 0.637. The van der Waals surface area contributed by atoms with Gasteiger partial charge in [-0.05, 0) is 18.1 Å². The van der Waals surface area contributed by atoms with E-state index in [0.717, 1.165) is 18.4 Å². The SMILES string of the molecule is CCCCOC(=O)c1c([S+](C)[O-])n[nH]c1Cc1cc2c(cc1Cl)OCO2. The second kappa shape index (κ2) is 8.20. The maximum atomic E-state index is 12.5. The Bertz CT molecular complexity index is 809. The van der Waals surface area contributed by atoms with Crippen molar-refractivity contribution >= 4 is 28.7 Å². The van der Waals surface area contributed by atoms with Gasteiger partial charge in [0.05, 0.1) is 12.3 Å². The molecule has 0 bridgehead atoms. The molecule has 0 aliphatic carbocycles. The van der Waals surface area contributed by atoms with Crippen molar-refractivity contribution < 1.29 is 23.6 Å². The van der Waals surface area contributed by atoms with E-state index >= 15 is 0 Å². The number of hydrogen-bond donors (Lipinski definition) is 1. The number of esters is 1. The molecule has 2 heterocycles. The molecule has 1 aliphatic heterocycles. The number of benzene rings is 1. The Morgan fingerprint density at radius 2 is 2.15 bits per heavy atom.